The average molecular weight is 262 g/mol. The van der Waals surface area contributed by atoms with Crippen LogP contribution in [0.15, 0.2) is 18.2 Å². The molecule has 3 rings (SSSR count). The van der Waals surface area contributed by atoms with Crippen LogP contribution < -0.4 is 10.1 Å². The number of fused-ring (bicyclic) bond motifs is 1. The number of rotatable bonds is 1. The largest absolute Gasteiger partial charge is 0.491 e. The van der Waals surface area contributed by atoms with E-state index in [0.29, 0.717) is 38.5 Å². The summed E-state index contributed by atoms with van der Waals surface area (Å²) < 4.78 is 11.0. The summed E-state index contributed by atoms with van der Waals surface area (Å²) in [6, 6.07) is 5.77. The van der Waals surface area contributed by atoms with Gasteiger partial charge in [0.1, 0.15) is 12.4 Å². The van der Waals surface area contributed by atoms with Crippen LogP contribution in [0.25, 0.3) is 0 Å². The van der Waals surface area contributed by atoms with Gasteiger partial charge in [-0.15, -0.1) is 0 Å². The molecule has 5 nitrogen and oxygen atoms in total. The predicted molar refractivity (Wildman–Crippen MR) is 70.4 cm³/mol. The van der Waals surface area contributed by atoms with Crippen molar-refractivity contribution in [3.63, 3.8) is 0 Å². The van der Waals surface area contributed by atoms with Crippen LogP contribution in [0.2, 0.25) is 0 Å². The van der Waals surface area contributed by atoms with Crippen molar-refractivity contribution in [2.24, 2.45) is 0 Å². The van der Waals surface area contributed by atoms with Gasteiger partial charge in [-0.1, -0.05) is 12.1 Å². The SMILES string of the molecule is O=C(c1cccc2c1OCCNC2)N1CCOCC1. The number of amides is 1. The van der Waals surface area contributed by atoms with Gasteiger partial charge in [0, 0.05) is 31.7 Å². The minimum absolute atomic E-state index is 0.0436. The molecule has 5 heteroatoms. The lowest BCUT2D eigenvalue weighted by Gasteiger charge is -2.27. The standard InChI is InChI=1S/C14H18N2O3/c17-14(16-5-8-18-9-6-16)12-3-1-2-11-10-15-4-7-19-13(11)12/h1-3,15H,4-10H2. The van der Waals surface area contributed by atoms with Gasteiger partial charge in [0.25, 0.3) is 5.91 Å². The second-order valence-electron chi connectivity index (χ2n) is 4.72. The molecule has 0 aromatic heterocycles. The van der Waals surface area contributed by atoms with Crippen molar-refractivity contribution < 1.29 is 14.3 Å². The first-order valence-electron chi connectivity index (χ1n) is 6.69. The Labute approximate surface area is 112 Å². The Hall–Kier alpha value is -1.59. The lowest BCUT2D eigenvalue weighted by Crippen LogP contribution is -2.40. The van der Waals surface area contributed by atoms with Crippen molar-refractivity contribution in [1.82, 2.24) is 10.2 Å². The van der Waals surface area contributed by atoms with E-state index in [4.69, 9.17) is 9.47 Å². The molecule has 2 aliphatic heterocycles. The number of benzene rings is 1. The smallest absolute Gasteiger partial charge is 0.257 e. The third kappa shape index (κ3) is 2.57. The van der Waals surface area contributed by atoms with E-state index in [2.05, 4.69) is 5.32 Å². The van der Waals surface area contributed by atoms with E-state index in [9.17, 15) is 4.79 Å². The Bertz CT molecular complexity index is 470. The summed E-state index contributed by atoms with van der Waals surface area (Å²) in [4.78, 5) is 14.4. The van der Waals surface area contributed by atoms with Crippen LogP contribution in [-0.4, -0.2) is 50.3 Å². The highest BCUT2D eigenvalue weighted by molar-refractivity contribution is 5.97. The zero-order chi connectivity index (χ0) is 13.1. The van der Waals surface area contributed by atoms with Crippen LogP contribution in [0.4, 0.5) is 0 Å². The van der Waals surface area contributed by atoms with E-state index in [1.54, 1.807) is 0 Å². The molecule has 19 heavy (non-hydrogen) atoms. The van der Waals surface area contributed by atoms with Crippen molar-refractivity contribution in [1.29, 1.82) is 0 Å². The zero-order valence-electron chi connectivity index (χ0n) is 10.9. The number of nitrogens with zero attached hydrogens (tertiary/aromatic N) is 1. The molecule has 0 unspecified atom stereocenters. The van der Waals surface area contributed by atoms with Gasteiger partial charge in [0.05, 0.1) is 18.8 Å². The van der Waals surface area contributed by atoms with E-state index in [1.807, 2.05) is 23.1 Å². The second kappa shape index (κ2) is 5.59. The van der Waals surface area contributed by atoms with Crippen LogP contribution in [0.1, 0.15) is 15.9 Å². The van der Waals surface area contributed by atoms with E-state index in [0.717, 1.165) is 24.4 Å². The van der Waals surface area contributed by atoms with Crippen molar-refractivity contribution in [3.8, 4) is 5.75 Å². The van der Waals surface area contributed by atoms with Crippen LogP contribution in [0.3, 0.4) is 0 Å². The molecule has 1 amide bonds. The minimum Gasteiger partial charge on any atom is -0.491 e. The topological polar surface area (TPSA) is 50.8 Å². The molecule has 1 aromatic carbocycles. The minimum atomic E-state index is 0.0436. The number of morpholine rings is 1. The predicted octanol–water partition coefficient (Wildman–Crippen LogP) is 0.641. The summed E-state index contributed by atoms with van der Waals surface area (Å²) in [5.74, 6) is 0.783. The number of carbonyl (C=O) groups is 1. The molecule has 0 spiro atoms. The quantitative estimate of drug-likeness (QED) is 0.807. The van der Waals surface area contributed by atoms with Gasteiger partial charge in [-0.2, -0.15) is 0 Å². The summed E-state index contributed by atoms with van der Waals surface area (Å²) >= 11 is 0. The summed E-state index contributed by atoms with van der Waals surface area (Å²) in [5.41, 5.74) is 1.72. The Balaban J connectivity index is 1.89. The molecule has 2 heterocycles. The van der Waals surface area contributed by atoms with Crippen molar-refractivity contribution in [2.75, 3.05) is 39.5 Å². The molecule has 1 saturated heterocycles. The molecule has 0 bridgehead atoms. The highest BCUT2D eigenvalue weighted by Crippen LogP contribution is 2.27. The van der Waals surface area contributed by atoms with Crippen molar-refractivity contribution in [3.05, 3.63) is 29.3 Å². The van der Waals surface area contributed by atoms with Gasteiger partial charge in [0.15, 0.2) is 0 Å². The lowest BCUT2D eigenvalue weighted by molar-refractivity contribution is 0.0300. The summed E-state index contributed by atoms with van der Waals surface area (Å²) in [5, 5.41) is 3.28. The zero-order valence-corrected chi connectivity index (χ0v) is 10.9. The van der Waals surface area contributed by atoms with E-state index >= 15 is 0 Å². The van der Waals surface area contributed by atoms with Crippen LogP contribution in [0.5, 0.6) is 5.75 Å². The molecule has 1 aromatic rings. The molecule has 102 valence electrons. The molecular formula is C14H18N2O3. The molecule has 0 radical (unpaired) electrons. The summed E-state index contributed by atoms with van der Waals surface area (Å²) in [6.45, 7) is 4.69. The second-order valence-corrected chi connectivity index (χ2v) is 4.72. The third-order valence-corrected chi connectivity index (χ3v) is 3.47. The number of para-hydroxylation sites is 1. The van der Waals surface area contributed by atoms with E-state index in [1.165, 1.54) is 0 Å². The average Bonchev–Trinajstić information content (AvgIpc) is 2.72. The van der Waals surface area contributed by atoms with Gasteiger partial charge in [-0.05, 0) is 6.07 Å². The van der Waals surface area contributed by atoms with Gasteiger partial charge in [-0.3, -0.25) is 4.79 Å². The molecule has 1 fully saturated rings. The van der Waals surface area contributed by atoms with Gasteiger partial charge in [0.2, 0.25) is 0 Å². The fraction of sp³-hybridized carbons (Fsp3) is 0.500. The Morgan fingerprint density at radius 2 is 2.05 bits per heavy atom. The fourth-order valence-corrected chi connectivity index (χ4v) is 2.45. The molecule has 0 aliphatic carbocycles. The Morgan fingerprint density at radius 1 is 1.21 bits per heavy atom. The third-order valence-electron chi connectivity index (χ3n) is 3.47. The molecular weight excluding hydrogens is 244 g/mol. The number of hydrogen-bond acceptors (Lipinski definition) is 4. The maximum absolute atomic E-state index is 12.6. The highest BCUT2D eigenvalue weighted by atomic mass is 16.5. The Morgan fingerprint density at radius 3 is 2.89 bits per heavy atom. The first-order valence-corrected chi connectivity index (χ1v) is 6.69. The normalized spacial score (nSPS) is 19.3. The van der Waals surface area contributed by atoms with Crippen LogP contribution >= 0.6 is 0 Å². The lowest BCUT2D eigenvalue weighted by atomic mass is 10.1. The number of carbonyl (C=O) groups excluding carboxylic acids is 1. The first-order chi connectivity index (χ1) is 9.36. The van der Waals surface area contributed by atoms with Crippen LogP contribution in [-0.2, 0) is 11.3 Å². The highest BCUT2D eigenvalue weighted by Gasteiger charge is 2.23. The molecule has 1 N–H and O–H groups in total. The number of ether oxygens (including phenoxy) is 2. The maximum Gasteiger partial charge on any atom is 0.257 e. The van der Waals surface area contributed by atoms with Crippen LogP contribution in [0, 0.1) is 0 Å². The Kier molecular flexibility index (Phi) is 3.66. The van der Waals surface area contributed by atoms with Gasteiger partial charge < -0.3 is 19.7 Å². The van der Waals surface area contributed by atoms with Crippen molar-refractivity contribution in [2.45, 2.75) is 6.54 Å². The van der Waals surface area contributed by atoms with Gasteiger partial charge >= 0.3 is 0 Å². The molecule has 0 saturated carbocycles. The number of nitrogens with one attached hydrogen (secondary N) is 1. The summed E-state index contributed by atoms with van der Waals surface area (Å²) in [7, 11) is 0. The molecule has 2 aliphatic rings. The maximum atomic E-state index is 12.6. The fourth-order valence-electron chi connectivity index (χ4n) is 2.45. The number of hydrogen-bond donors (Lipinski definition) is 1. The monoisotopic (exact) mass is 262 g/mol. The van der Waals surface area contributed by atoms with Gasteiger partial charge in [-0.25, -0.2) is 0 Å². The molecule has 0 atom stereocenters. The van der Waals surface area contributed by atoms with E-state index in [-0.39, 0.29) is 5.91 Å². The summed E-state index contributed by atoms with van der Waals surface area (Å²) in [6.07, 6.45) is 0. The first kappa shape index (κ1) is 12.4. The van der Waals surface area contributed by atoms with Crippen molar-refractivity contribution >= 4 is 5.91 Å². The van der Waals surface area contributed by atoms with E-state index < -0.39 is 0 Å².